The van der Waals surface area contributed by atoms with Gasteiger partial charge in [-0.25, -0.2) is 4.79 Å². The number of aliphatic hydroxyl groups excluding tert-OH is 1. The van der Waals surface area contributed by atoms with E-state index in [0.717, 1.165) is 11.1 Å². The summed E-state index contributed by atoms with van der Waals surface area (Å²) in [5.41, 5.74) is 2.31. The molecular formula is C30H34O9. The van der Waals surface area contributed by atoms with Crippen LogP contribution < -0.4 is 14.2 Å². The van der Waals surface area contributed by atoms with Gasteiger partial charge in [-0.05, 0) is 77.9 Å². The second-order valence-corrected chi connectivity index (χ2v) is 9.02. The van der Waals surface area contributed by atoms with Crippen molar-refractivity contribution in [3.8, 4) is 34.5 Å². The highest BCUT2D eigenvalue weighted by Gasteiger charge is 2.24. The van der Waals surface area contributed by atoms with E-state index in [-0.39, 0.29) is 48.0 Å². The first-order chi connectivity index (χ1) is 18.8. The van der Waals surface area contributed by atoms with Crippen LogP contribution in [0.2, 0.25) is 0 Å². The lowest BCUT2D eigenvalue weighted by Gasteiger charge is -2.26. The summed E-state index contributed by atoms with van der Waals surface area (Å²) >= 11 is 0. The summed E-state index contributed by atoms with van der Waals surface area (Å²) in [4.78, 5) is 12.6. The van der Waals surface area contributed by atoms with E-state index in [1.54, 1.807) is 42.5 Å². The number of hydrogen-bond donors (Lipinski definition) is 4. The minimum Gasteiger partial charge on any atom is -0.504 e. The van der Waals surface area contributed by atoms with Crippen molar-refractivity contribution in [2.75, 3.05) is 34.5 Å². The highest BCUT2D eigenvalue weighted by atomic mass is 16.5. The number of methoxy groups -OCH3 is 3. The Hall–Kier alpha value is -4.37. The average molecular weight is 539 g/mol. The molecule has 0 radical (unpaired) electrons. The van der Waals surface area contributed by atoms with Crippen LogP contribution in [0.1, 0.15) is 16.7 Å². The van der Waals surface area contributed by atoms with Gasteiger partial charge in [0.15, 0.2) is 34.5 Å². The molecular weight excluding hydrogens is 504 g/mol. The van der Waals surface area contributed by atoms with E-state index in [9.17, 15) is 25.2 Å². The zero-order chi connectivity index (χ0) is 28.4. The van der Waals surface area contributed by atoms with E-state index in [2.05, 4.69) is 0 Å². The SMILES string of the molecule is COc1cc(C=CC(=O)OC[C@H](Cc2ccc(O)c(OC)c2)[C@H](CO)Cc2ccc(O)c(OC)c2)ccc1O. The molecule has 0 saturated heterocycles. The van der Waals surface area contributed by atoms with Gasteiger partial charge >= 0.3 is 5.97 Å². The minimum atomic E-state index is -0.571. The predicted molar refractivity (Wildman–Crippen MR) is 145 cm³/mol. The summed E-state index contributed by atoms with van der Waals surface area (Å²) < 4.78 is 21.1. The zero-order valence-electron chi connectivity index (χ0n) is 22.2. The first kappa shape index (κ1) is 29.2. The normalized spacial score (nSPS) is 12.6. The molecule has 3 rings (SSSR count). The van der Waals surface area contributed by atoms with Gasteiger partial charge in [0.05, 0.1) is 27.9 Å². The van der Waals surface area contributed by atoms with E-state index < -0.39 is 5.97 Å². The lowest BCUT2D eigenvalue weighted by Crippen LogP contribution is -2.28. The molecule has 0 heterocycles. The van der Waals surface area contributed by atoms with Crippen molar-refractivity contribution in [1.82, 2.24) is 0 Å². The maximum absolute atomic E-state index is 12.6. The molecule has 0 amide bonds. The second-order valence-electron chi connectivity index (χ2n) is 9.02. The molecule has 208 valence electrons. The number of benzene rings is 3. The van der Waals surface area contributed by atoms with Crippen LogP contribution in [0.15, 0.2) is 60.7 Å². The number of hydrogen-bond acceptors (Lipinski definition) is 9. The van der Waals surface area contributed by atoms with Crippen LogP contribution in [0.25, 0.3) is 6.08 Å². The number of phenolic OH excluding ortho intramolecular Hbond substituents is 3. The summed E-state index contributed by atoms with van der Waals surface area (Å²) in [6, 6.07) is 14.7. The van der Waals surface area contributed by atoms with Crippen molar-refractivity contribution in [3.05, 3.63) is 77.4 Å². The second kappa shape index (κ2) is 14.0. The van der Waals surface area contributed by atoms with Gasteiger partial charge in [-0.15, -0.1) is 0 Å². The van der Waals surface area contributed by atoms with Crippen LogP contribution in [0, 0.1) is 11.8 Å². The number of rotatable bonds is 13. The quantitative estimate of drug-likeness (QED) is 0.187. The van der Waals surface area contributed by atoms with E-state index >= 15 is 0 Å². The smallest absolute Gasteiger partial charge is 0.330 e. The molecule has 0 aliphatic carbocycles. The van der Waals surface area contributed by atoms with Gasteiger partial charge in [-0.1, -0.05) is 18.2 Å². The number of phenols is 3. The van der Waals surface area contributed by atoms with Crippen LogP contribution in [0.5, 0.6) is 34.5 Å². The number of aliphatic hydroxyl groups is 1. The summed E-state index contributed by atoms with van der Waals surface area (Å²) in [6.45, 7) is -0.157. The van der Waals surface area contributed by atoms with Crippen molar-refractivity contribution >= 4 is 12.0 Å². The lowest BCUT2D eigenvalue weighted by molar-refractivity contribution is -0.139. The average Bonchev–Trinajstić information content (AvgIpc) is 2.95. The Kier molecular flexibility index (Phi) is 10.5. The van der Waals surface area contributed by atoms with Crippen molar-refractivity contribution in [2.24, 2.45) is 11.8 Å². The molecule has 0 aliphatic rings. The Morgan fingerprint density at radius 2 is 1.23 bits per heavy atom. The van der Waals surface area contributed by atoms with E-state index in [4.69, 9.17) is 18.9 Å². The Morgan fingerprint density at radius 1 is 0.744 bits per heavy atom. The third kappa shape index (κ3) is 8.05. The van der Waals surface area contributed by atoms with Gasteiger partial charge in [0.2, 0.25) is 0 Å². The van der Waals surface area contributed by atoms with Crippen molar-refractivity contribution in [3.63, 3.8) is 0 Å². The van der Waals surface area contributed by atoms with E-state index in [0.29, 0.717) is 29.9 Å². The number of carbonyl (C=O) groups excluding carboxylic acids is 1. The fourth-order valence-electron chi connectivity index (χ4n) is 4.24. The molecule has 0 saturated carbocycles. The highest BCUT2D eigenvalue weighted by molar-refractivity contribution is 5.87. The molecule has 0 unspecified atom stereocenters. The van der Waals surface area contributed by atoms with Crippen LogP contribution in [-0.2, 0) is 22.4 Å². The number of carbonyl (C=O) groups is 1. The first-order valence-electron chi connectivity index (χ1n) is 12.3. The van der Waals surface area contributed by atoms with Crippen LogP contribution in [0.4, 0.5) is 0 Å². The number of aromatic hydroxyl groups is 3. The predicted octanol–water partition coefficient (Wildman–Crippen LogP) is 4.10. The van der Waals surface area contributed by atoms with Crippen molar-refractivity contribution < 1.29 is 44.2 Å². The van der Waals surface area contributed by atoms with Gasteiger partial charge < -0.3 is 39.4 Å². The summed E-state index contributed by atoms with van der Waals surface area (Å²) in [7, 11) is 4.36. The number of esters is 1. The molecule has 9 heteroatoms. The standard InChI is InChI=1S/C30H34O9/c1-36-27-14-19(4-8-24(27)32)7-11-30(35)39-18-23(13-21-6-10-26(34)29(16-21)38-3)22(17-31)12-20-5-9-25(33)28(15-20)37-2/h4-11,14-16,22-23,31-34H,12-13,17-18H2,1-3H3/t22-,23-/m0/s1. The minimum absolute atomic E-state index is 0.00720. The number of ether oxygens (including phenoxy) is 4. The molecule has 0 bridgehead atoms. The van der Waals surface area contributed by atoms with Crippen molar-refractivity contribution in [2.45, 2.75) is 12.8 Å². The van der Waals surface area contributed by atoms with E-state index in [1.165, 1.54) is 45.6 Å². The molecule has 39 heavy (non-hydrogen) atoms. The zero-order valence-corrected chi connectivity index (χ0v) is 22.2. The topological polar surface area (TPSA) is 135 Å². The van der Waals surface area contributed by atoms with Crippen LogP contribution in [0.3, 0.4) is 0 Å². The summed E-state index contributed by atoms with van der Waals surface area (Å²) in [5.74, 6) is -0.230. The van der Waals surface area contributed by atoms with Crippen LogP contribution >= 0.6 is 0 Å². The summed E-state index contributed by atoms with van der Waals surface area (Å²) in [5, 5.41) is 40.0. The molecule has 3 aromatic rings. The summed E-state index contributed by atoms with van der Waals surface area (Å²) in [6.07, 6.45) is 3.71. The third-order valence-electron chi connectivity index (χ3n) is 6.44. The maximum atomic E-state index is 12.6. The van der Waals surface area contributed by atoms with Gasteiger partial charge in [-0.2, -0.15) is 0 Å². The monoisotopic (exact) mass is 538 g/mol. The molecule has 9 nitrogen and oxygen atoms in total. The maximum Gasteiger partial charge on any atom is 0.330 e. The fourth-order valence-corrected chi connectivity index (χ4v) is 4.24. The Morgan fingerprint density at radius 3 is 1.74 bits per heavy atom. The molecule has 4 N–H and O–H groups in total. The molecule has 0 aromatic heterocycles. The molecule has 2 atom stereocenters. The molecule has 0 aliphatic heterocycles. The Labute approximate surface area is 227 Å². The first-order valence-corrected chi connectivity index (χ1v) is 12.3. The van der Waals surface area contributed by atoms with Gasteiger partial charge in [0.1, 0.15) is 0 Å². The lowest BCUT2D eigenvalue weighted by atomic mass is 9.83. The van der Waals surface area contributed by atoms with Crippen LogP contribution in [-0.4, -0.2) is 60.9 Å². The molecule has 3 aromatic carbocycles. The van der Waals surface area contributed by atoms with Gasteiger partial charge in [0.25, 0.3) is 0 Å². The fraction of sp³-hybridized carbons (Fsp3) is 0.300. The Bertz CT molecular complexity index is 1290. The van der Waals surface area contributed by atoms with Gasteiger partial charge in [0, 0.05) is 18.6 Å². The van der Waals surface area contributed by atoms with Gasteiger partial charge in [-0.3, -0.25) is 0 Å². The van der Waals surface area contributed by atoms with Crippen molar-refractivity contribution in [1.29, 1.82) is 0 Å². The third-order valence-corrected chi connectivity index (χ3v) is 6.44. The highest BCUT2D eigenvalue weighted by Crippen LogP contribution is 2.32. The largest absolute Gasteiger partial charge is 0.504 e. The Balaban J connectivity index is 1.79. The van der Waals surface area contributed by atoms with E-state index in [1.807, 2.05) is 0 Å². The molecule has 0 spiro atoms. The molecule has 0 fully saturated rings.